The summed E-state index contributed by atoms with van der Waals surface area (Å²) >= 11 is 0. The van der Waals surface area contributed by atoms with Crippen molar-refractivity contribution >= 4 is 23.8 Å². The Bertz CT molecular complexity index is 1280. The van der Waals surface area contributed by atoms with Crippen LogP contribution < -0.4 is 16.0 Å². The summed E-state index contributed by atoms with van der Waals surface area (Å²) in [6, 6.07) is 12.6. The Morgan fingerprint density at radius 2 is 1.56 bits per heavy atom. The van der Waals surface area contributed by atoms with E-state index in [2.05, 4.69) is 5.32 Å². The topological polar surface area (TPSA) is 92.5 Å². The minimum absolute atomic E-state index is 0.203. The van der Waals surface area contributed by atoms with Crippen LogP contribution in [0, 0.1) is 17.5 Å². The molecule has 0 fully saturated rings. The van der Waals surface area contributed by atoms with Crippen molar-refractivity contribution in [2.24, 2.45) is 5.73 Å². The normalized spacial score (nSPS) is 11.2. The van der Waals surface area contributed by atoms with Gasteiger partial charge in [0, 0.05) is 60.1 Å². The zero-order valence-electron chi connectivity index (χ0n) is 20.1. The van der Waals surface area contributed by atoms with Gasteiger partial charge < -0.3 is 20.7 Å². The molecule has 0 heterocycles. The minimum Gasteiger partial charge on any atom is -0.370 e. The van der Waals surface area contributed by atoms with E-state index in [4.69, 9.17) is 5.73 Å². The molecule has 6 nitrogen and oxygen atoms in total. The second kappa shape index (κ2) is 10.6. The molecular formula is C27H26F3N3O3. The van der Waals surface area contributed by atoms with Gasteiger partial charge >= 0.3 is 0 Å². The van der Waals surface area contributed by atoms with Crippen molar-refractivity contribution in [2.75, 3.05) is 11.9 Å². The monoisotopic (exact) mass is 497 g/mol. The predicted octanol–water partition coefficient (Wildman–Crippen LogP) is 4.25. The Morgan fingerprint density at radius 1 is 0.972 bits per heavy atom. The van der Waals surface area contributed by atoms with Gasteiger partial charge in [0.2, 0.25) is 5.91 Å². The molecule has 0 bridgehead atoms. The van der Waals surface area contributed by atoms with Crippen LogP contribution >= 0.6 is 0 Å². The number of hydrogen-bond donors (Lipinski definition) is 2. The van der Waals surface area contributed by atoms with E-state index in [9.17, 15) is 27.6 Å². The highest BCUT2D eigenvalue weighted by atomic mass is 19.1. The number of nitrogens with two attached hydrogens (primary N) is 1. The quantitative estimate of drug-likeness (QED) is 0.433. The van der Waals surface area contributed by atoms with E-state index < -0.39 is 46.8 Å². The van der Waals surface area contributed by atoms with Gasteiger partial charge in [0.05, 0.1) is 0 Å². The van der Waals surface area contributed by atoms with Crippen molar-refractivity contribution in [1.82, 2.24) is 5.32 Å². The maximum Gasteiger partial charge on any atom is 0.251 e. The molecule has 0 aromatic heterocycles. The average Bonchev–Trinajstić information content (AvgIpc) is 2.83. The van der Waals surface area contributed by atoms with Gasteiger partial charge in [0.15, 0.2) is 0 Å². The summed E-state index contributed by atoms with van der Waals surface area (Å²) in [5.74, 6) is -4.39. The number of anilines is 1. The SMILES string of the molecule is CN(Cc1ccc(C(N)=O)cc1)c1cc(C(=O)NCc2c(F)cc(F)cc2F)ccc1C(C)(C)C=O. The van der Waals surface area contributed by atoms with Gasteiger partial charge in [0.1, 0.15) is 23.7 Å². The van der Waals surface area contributed by atoms with Gasteiger partial charge in [-0.05, 0) is 49.2 Å². The number of rotatable bonds is 9. The lowest BCUT2D eigenvalue weighted by atomic mass is 9.84. The molecule has 3 aromatic rings. The number of primary amides is 1. The Hall–Kier alpha value is -4.14. The van der Waals surface area contributed by atoms with Crippen LogP contribution in [0.2, 0.25) is 0 Å². The van der Waals surface area contributed by atoms with Crippen LogP contribution in [0.3, 0.4) is 0 Å². The molecule has 0 unspecified atom stereocenters. The van der Waals surface area contributed by atoms with E-state index >= 15 is 0 Å². The Labute approximate surface area is 206 Å². The van der Waals surface area contributed by atoms with Crippen LogP contribution in [0.15, 0.2) is 54.6 Å². The van der Waals surface area contributed by atoms with Crippen LogP contribution in [0.1, 0.15) is 51.3 Å². The molecule has 0 aliphatic rings. The summed E-state index contributed by atoms with van der Waals surface area (Å²) in [7, 11) is 1.78. The van der Waals surface area contributed by atoms with Gasteiger partial charge in [-0.15, -0.1) is 0 Å². The number of carbonyl (C=O) groups excluding carboxylic acids is 3. The largest absolute Gasteiger partial charge is 0.370 e. The number of benzene rings is 3. The number of hydrogen-bond acceptors (Lipinski definition) is 4. The fraction of sp³-hybridized carbons (Fsp3) is 0.222. The maximum atomic E-state index is 13.9. The second-order valence-corrected chi connectivity index (χ2v) is 9.02. The molecule has 9 heteroatoms. The van der Waals surface area contributed by atoms with Crippen LogP contribution in [0.25, 0.3) is 0 Å². The third-order valence-corrected chi connectivity index (χ3v) is 5.85. The Balaban J connectivity index is 1.88. The van der Waals surface area contributed by atoms with E-state index in [1.54, 1.807) is 57.3 Å². The molecule has 36 heavy (non-hydrogen) atoms. The Kier molecular flexibility index (Phi) is 7.82. The highest BCUT2D eigenvalue weighted by molar-refractivity contribution is 5.96. The predicted molar refractivity (Wildman–Crippen MR) is 130 cm³/mol. The standard InChI is InChI=1S/C27H26F3N3O3/c1-27(2,15-34)21-9-8-18(26(36)32-13-20-22(29)11-19(28)12-23(20)30)10-24(21)33(3)14-16-4-6-17(7-5-16)25(31)35/h4-12,15H,13-14H2,1-3H3,(H2,31,35)(H,32,36). The fourth-order valence-electron chi connectivity index (χ4n) is 3.74. The number of nitrogens with zero attached hydrogens (tertiary/aromatic N) is 1. The number of nitrogens with one attached hydrogen (secondary N) is 1. The van der Waals surface area contributed by atoms with Gasteiger partial charge in [0.25, 0.3) is 5.91 Å². The van der Waals surface area contributed by atoms with Crippen LogP contribution in [-0.2, 0) is 23.3 Å². The molecule has 3 rings (SSSR count). The highest BCUT2D eigenvalue weighted by Crippen LogP contribution is 2.32. The fourth-order valence-corrected chi connectivity index (χ4v) is 3.74. The van der Waals surface area contributed by atoms with Crippen LogP contribution in [-0.4, -0.2) is 25.1 Å². The van der Waals surface area contributed by atoms with Gasteiger partial charge in [-0.3, -0.25) is 9.59 Å². The van der Waals surface area contributed by atoms with Crippen molar-refractivity contribution < 1.29 is 27.6 Å². The first kappa shape index (κ1) is 26.5. The molecule has 3 aromatic carbocycles. The van der Waals surface area contributed by atoms with E-state index in [0.29, 0.717) is 35.5 Å². The molecule has 0 saturated carbocycles. The summed E-state index contributed by atoms with van der Waals surface area (Å²) in [5, 5.41) is 2.45. The lowest BCUT2D eigenvalue weighted by Crippen LogP contribution is -2.28. The number of aldehydes is 1. The molecule has 188 valence electrons. The average molecular weight is 498 g/mol. The van der Waals surface area contributed by atoms with Gasteiger partial charge in [-0.1, -0.05) is 18.2 Å². The number of amides is 2. The molecule has 0 radical (unpaired) electrons. The maximum absolute atomic E-state index is 13.9. The van der Waals surface area contributed by atoms with Crippen molar-refractivity contribution in [3.05, 3.63) is 99.9 Å². The van der Waals surface area contributed by atoms with Crippen molar-refractivity contribution in [3.8, 4) is 0 Å². The molecule has 2 amide bonds. The first-order chi connectivity index (χ1) is 16.9. The zero-order valence-corrected chi connectivity index (χ0v) is 20.1. The van der Waals surface area contributed by atoms with Crippen LogP contribution in [0.5, 0.6) is 0 Å². The molecule has 0 atom stereocenters. The van der Waals surface area contributed by atoms with Crippen molar-refractivity contribution in [1.29, 1.82) is 0 Å². The van der Waals surface area contributed by atoms with E-state index in [0.717, 1.165) is 11.8 Å². The zero-order chi connectivity index (χ0) is 26.6. The van der Waals surface area contributed by atoms with Gasteiger partial charge in [-0.25, -0.2) is 13.2 Å². The number of carbonyl (C=O) groups is 3. The molecule has 0 aliphatic carbocycles. The van der Waals surface area contributed by atoms with Crippen molar-refractivity contribution in [2.45, 2.75) is 32.4 Å². The van der Waals surface area contributed by atoms with E-state index in [1.165, 1.54) is 6.07 Å². The molecule has 0 saturated heterocycles. The molecule has 0 spiro atoms. The number of halogens is 3. The molecular weight excluding hydrogens is 471 g/mol. The van der Waals surface area contributed by atoms with Crippen molar-refractivity contribution in [3.63, 3.8) is 0 Å². The summed E-state index contributed by atoms with van der Waals surface area (Å²) in [5.41, 5.74) is 6.66. The molecule has 0 aliphatic heterocycles. The molecule has 3 N–H and O–H groups in total. The second-order valence-electron chi connectivity index (χ2n) is 9.02. The summed E-state index contributed by atoms with van der Waals surface area (Å²) in [6.07, 6.45) is 0.807. The van der Waals surface area contributed by atoms with E-state index in [1.807, 2.05) is 4.90 Å². The minimum atomic E-state index is -1.10. The highest BCUT2D eigenvalue weighted by Gasteiger charge is 2.26. The Morgan fingerprint density at radius 3 is 2.11 bits per heavy atom. The summed E-state index contributed by atoms with van der Waals surface area (Å²) in [6.45, 7) is 3.40. The van der Waals surface area contributed by atoms with Crippen LogP contribution in [0.4, 0.5) is 18.9 Å². The lowest BCUT2D eigenvalue weighted by molar-refractivity contribution is -0.111. The first-order valence-corrected chi connectivity index (χ1v) is 11.1. The smallest absolute Gasteiger partial charge is 0.251 e. The lowest BCUT2D eigenvalue weighted by Gasteiger charge is -2.29. The summed E-state index contributed by atoms with van der Waals surface area (Å²) < 4.78 is 41.0. The summed E-state index contributed by atoms with van der Waals surface area (Å²) in [4.78, 5) is 37.8. The first-order valence-electron chi connectivity index (χ1n) is 11.1. The third kappa shape index (κ3) is 5.91. The van der Waals surface area contributed by atoms with Gasteiger partial charge in [-0.2, -0.15) is 0 Å². The van der Waals surface area contributed by atoms with E-state index in [-0.39, 0.29) is 5.56 Å². The third-order valence-electron chi connectivity index (χ3n) is 5.85.